The molecule has 0 aliphatic heterocycles. The maximum Gasteiger partial charge on any atom is 0.341 e. The third-order valence-electron chi connectivity index (χ3n) is 2.14. The van der Waals surface area contributed by atoms with E-state index < -0.39 is 35.4 Å². The second-order valence-electron chi connectivity index (χ2n) is 3.33. The highest BCUT2D eigenvalue weighted by Gasteiger charge is 2.23. The van der Waals surface area contributed by atoms with Crippen molar-refractivity contribution in [2.24, 2.45) is 0 Å². The lowest BCUT2D eigenvalue weighted by Crippen LogP contribution is -2.20. The lowest BCUT2D eigenvalue weighted by Gasteiger charge is -2.16. The van der Waals surface area contributed by atoms with Crippen LogP contribution in [0.5, 0.6) is 0 Å². The van der Waals surface area contributed by atoms with E-state index in [1.807, 2.05) is 0 Å². The second-order valence-corrected chi connectivity index (χ2v) is 3.98. The molecule has 0 amide bonds. The van der Waals surface area contributed by atoms with Gasteiger partial charge in [-0.1, -0.05) is 15.9 Å². The highest BCUT2D eigenvalue weighted by Crippen LogP contribution is 2.23. The van der Waals surface area contributed by atoms with Gasteiger partial charge in [0.15, 0.2) is 0 Å². The fourth-order valence-corrected chi connectivity index (χ4v) is 1.63. The van der Waals surface area contributed by atoms with Crippen molar-refractivity contribution >= 4 is 21.9 Å². The van der Waals surface area contributed by atoms with Gasteiger partial charge in [-0.3, -0.25) is 0 Å². The van der Waals surface area contributed by atoms with Gasteiger partial charge in [0, 0.05) is 5.33 Å². The van der Waals surface area contributed by atoms with Crippen LogP contribution >= 0.6 is 15.9 Å². The minimum absolute atomic E-state index is 0.0120. The number of aliphatic hydroxyl groups is 2. The Hall–Kier alpha value is -1.05. The molecule has 0 spiro atoms. The lowest BCUT2D eigenvalue weighted by atomic mass is 10.0. The Morgan fingerprint density at radius 3 is 2.12 bits per heavy atom. The molecule has 0 fully saturated rings. The zero-order chi connectivity index (χ0) is 13.2. The van der Waals surface area contributed by atoms with E-state index in [1.54, 1.807) is 0 Å². The summed E-state index contributed by atoms with van der Waals surface area (Å²) in [5, 5.41) is 27.3. The van der Waals surface area contributed by atoms with Crippen LogP contribution in [0.4, 0.5) is 8.78 Å². The van der Waals surface area contributed by atoms with E-state index in [0.29, 0.717) is 12.1 Å². The molecule has 0 radical (unpaired) electrons. The topological polar surface area (TPSA) is 77.8 Å². The molecule has 0 aliphatic rings. The summed E-state index contributed by atoms with van der Waals surface area (Å²) < 4.78 is 26.5. The number of hydrogen-bond acceptors (Lipinski definition) is 3. The number of rotatable bonds is 4. The van der Waals surface area contributed by atoms with Crippen molar-refractivity contribution in [3.05, 3.63) is 34.9 Å². The SMILES string of the molecule is O=C(O)c1c(F)cc(C(O)C(O)CBr)cc1F. The Bertz CT molecular complexity index is 415. The molecule has 0 bridgehead atoms. The summed E-state index contributed by atoms with van der Waals surface area (Å²) in [5.74, 6) is -4.33. The van der Waals surface area contributed by atoms with Gasteiger partial charge < -0.3 is 15.3 Å². The quantitative estimate of drug-likeness (QED) is 0.736. The van der Waals surface area contributed by atoms with E-state index in [-0.39, 0.29) is 10.9 Å². The summed E-state index contributed by atoms with van der Waals surface area (Å²) in [6, 6.07) is 1.37. The van der Waals surface area contributed by atoms with Gasteiger partial charge in [-0.15, -0.1) is 0 Å². The van der Waals surface area contributed by atoms with E-state index in [2.05, 4.69) is 15.9 Å². The Kier molecular flexibility index (Phi) is 4.55. The first kappa shape index (κ1) is 14.0. The standard InChI is InChI=1S/C10H9BrF2O4/c11-3-7(14)9(15)4-1-5(12)8(10(16)17)6(13)2-4/h1-2,7,9,14-15H,3H2,(H,16,17). The third-order valence-corrected chi connectivity index (χ3v) is 2.81. The molecule has 1 aromatic rings. The van der Waals surface area contributed by atoms with Crippen molar-refractivity contribution in [3.8, 4) is 0 Å². The van der Waals surface area contributed by atoms with Gasteiger partial charge in [0.2, 0.25) is 0 Å². The van der Waals surface area contributed by atoms with Crippen LogP contribution in [0.1, 0.15) is 22.0 Å². The van der Waals surface area contributed by atoms with Crippen molar-refractivity contribution < 1.29 is 28.9 Å². The fraction of sp³-hybridized carbons (Fsp3) is 0.300. The van der Waals surface area contributed by atoms with Crippen molar-refractivity contribution in [1.82, 2.24) is 0 Å². The van der Waals surface area contributed by atoms with Crippen molar-refractivity contribution in [2.75, 3.05) is 5.33 Å². The van der Waals surface area contributed by atoms with Crippen LogP contribution in [0.3, 0.4) is 0 Å². The summed E-state index contributed by atoms with van der Waals surface area (Å²) in [4.78, 5) is 10.5. The van der Waals surface area contributed by atoms with Crippen LogP contribution < -0.4 is 0 Å². The fourth-order valence-electron chi connectivity index (χ4n) is 1.27. The van der Waals surface area contributed by atoms with E-state index in [0.717, 1.165) is 0 Å². The van der Waals surface area contributed by atoms with Crippen LogP contribution in [0.15, 0.2) is 12.1 Å². The summed E-state index contributed by atoms with van der Waals surface area (Å²) in [6.07, 6.45) is -2.74. The molecule has 4 nitrogen and oxygen atoms in total. The van der Waals surface area contributed by atoms with Crippen molar-refractivity contribution in [3.63, 3.8) is 0 Å². The Balaban J connectivity index is 3.19. The molecule has 7 heteroatoms. The first-order chi connectivity index (χ1) is 7.88. The maximum atomic E-state index is 13.3. The van der Waals surface area contributed by atoms with Gasteiger partial charge in [0.05, 0.1) is 6.10 Å². The molecule has 3 N–H and O–H groups in total. The van der Waals surface area contributed by atoms with Crippen molar-refractivity contribution in [2.45, 2.75) is 12.2 Å². The molecule has 0 heterocycles. The van der Waals surface area contributed by atoms with Gasteiger partial charge >= 0.3 is 5.97 Å². The summed E-state index contributed by atoms with van der Waals surface area (Å²) in [7, 11) is 0. The van der Waals surface area contributed by atoms with Crippen LogP contribution in [0, 0.1) is 11.6 Å². The summed E-state index contributed by atoms with van der Waals surface area (Å²) in [5.41, 5.74) is -1.31. The zero-order valence-electron chi connectivity index (χ0n) is 8.40. The number of hydrogen-bond donors (Lipinski definition) is 3. The van der Waals surface area contributed by atoms with Gasteiger partial charge in [0.25, 0.3) is 0 Å². The Morgan fingerprint density at radius 2 is 1.76 bits per heavy atom. The molecule has 0 aliphatic carbocycles. The molecule has 2 atom stereocenters. The monoisotopic (exact) mass is 310 g/mol. The number of carbonyl (C=O) groups is 1. The number of alkyl halides is 1. The highest BCUT2D eigenvalue weighted by molar-refractivity contribution is 9.09. The predicted octanol–water partition coefficient (Wildman–Crippen LogP) is 1.45. The normalized spacial score (nSPS) is 14.4. The van der Waals surface area contributed by atoms with Crippen molar-refractivity contribution in [1.29, 1.82) is 0 Å². The van der Waals surface area contributed by atoms with Gasteiger partial charge in [-0.05, 0) is 17.7 Å². The summed E-state index contributed by atoms with van der Waals surface area (Å²) >= 11 is 2.90. The van der Waals surface area contributed by atoms with E-state index in [4.69, 9.17) is 5.11 Å². The Morgan fingerprint density at radius 1 is 1.29 bits per heavy atom. The van der Waals surface area contributed by atoms with Gasteiger partial charge in [-0.2, -0.15) is 0 Å². The number of halogens is 3. The number of carboxylic acids is 1. The predicted molar refractivity (Wildman–Crippen MR) is 58.1 cm³/mol. The molecular weight excluding hydrogens is 302 g/mol. The average Bonchev–Trinajstić information content (AvgIpc) is 2.25. The zero-order valence-corrected chi connectivity index (χ0v) is 9.99. The number of aromatic carboxylic acids is 1. The molecule has 1 aromatic carbocycles. The second kappa shape index (κ2) is 5.52. The number of carboxylic acid groups (broad SMARTS) is 1. The minimum atomic E-state index is -1.73. The smallest absolute Gasteiger partial charge is 0.341 e. The molecule has 0 aromatic heterocycles. The van der Waals surface area contributed by atoms with E-state index in [9.17, 15) is 23.8 Å². The molecule has 17 heavy (non-hydrogen) atoms. The first-order valence-corrected chi connectivity index (χ1v) is 5.65. The molecule has 0 saturated heterocycles. The van der Waals surface area contributed by atoms with Gasteiger partial charge in [-0.25, -0.2) is 13.6 Å². The van der Waals surface area contributed by atoms with Crippen LogP contribution in [0.2, 0.25) is 0 Å². The van der Waals surface area contributed by atoms with Crippen LogP contribution in [-0.4, -0.2) is 32.7 Å². The lowest BCUT2D eigenvalue weighted by molar-refractivity contribution is 0.0338. The summed E-state index contributed by atoms with van der Waals surface area (Å²) in [6.45, 7) is 0. The molecule has 0 saturated carbocycles. The third kappa shape index (κ3) is 2.99. The average molecular weight is 311 g/mol. The highest BCUT2D eigenvalue weighted by atomic mass is 79.9. The largest absolute Gasteiger partial charge is 0.477 e. The molecule has 94 valence electrons. The van der Waals surface area contributed by atoms with Crippen LogP contribution in [-0.2, 0) is 0 Å². The van der Waals surface area contributed by atoms with Gasteiger partial charge in [0.1, 0.15) is 23.3 Å². The maximum absolute atomic E-state index is 13.3. The number of benzene rings is 1. The van der Waals surface area contributed by atoms with E-state index in [1.165, 1.54) is 0 Å². The minimum Gasteiger partial charge on any atom is -0.477 e. The molecule has 2 unspecified atom stereocenters. The molecular formula is C10H9BrF2O4. The van der Waals surface area contributed by atoms with E-state index >= 15 is 0 Å². The van der Waals surface area contributed by atoms with Crippen LogP contribution in [0.25, 0.3) is 0 Å². The first-order valence-electron chi connectivity index (χ1n) is 4.52. The number of aliphatic hydroxyl groups excluding tert-OH is 2. The molecule has 1 rings (SSSR count). The Labute approximate surface area is 104 Å².